The molecule has 0 atom stereocenters. The van der Waals surface area contributed by atoms with E-state index in [-0.39, 0.29) is 5.41 Å². The van der Waals surface area contributed by atoms with Crippen molar-refractivity contribution in [1.82, 2.24) is 20.0 Å². The first-order valence-electron chi connectivity index (χ1n) is 9.10. The van der Waals surface area contributed by atoms with Gasteiger partial charge in [0, 0.05) is 25.0 Å². The average molecular weight is 320 g/mol. The molecule has 5 rings (SSSR count). The summed E-state index contributed by atoms with van der Waals surface area (Å²) >= 11 is 0. The zero-order valence-electron chi connectivity index (χ0n) is 14.0. The Hall–Kier alpha value is -1.91. The second-order valence-corrected chi connectivity index (χ2v) is 7.38. The van der Waals surface area contributed by atoms with Crippen LogP contribution in [0.5, 0.6) is 0 Å². The van der Waals surface area contributed by atoms with E-state index in [1.807, 2.05) is 0 Å². The van der Waals surface area contributed by atoms with Crippen molar-refractivity contribution in [3.63, 3.8) is 0 Å². The molecular weight excluding hydrogens is 296 g/mol. The summed E-state index contributed by atoms with van der Waals surface area (Å²) in [5, 5.41) is 8.21. The predicted octanol–water partition coefficient (Wildman–Crippen LogP) is 2.55. The molecule has 3 aliphatic rings. The highest BCUT2D eigenvalue weighted by Gasteiger charge is 2.37. The lowest BCUT2D eigenvalue weighted by atomic mass is 9.74. The Kier molecular flexibility index (Phi) is 3.35. The summed E-state index contributed by atoms with van der Waals surface area (Å²) in [5.74, 6) is 0. The summed E-state index contributed by atoms with van der Waals surface area (Å²) in [6.45, 7) is 6.28. The highest BCUT2D eigenvalue weighted by atomic mass is 15.3. The summed E-state index contributed by atoms with van der Waals surface area (Å²) < 4.78 is 2.17. The maximum Gasteiger partial charge on any atom is 0.0768 e. The van der Waals surface area contributed by atoms with Gasteiger partial charge in [0.2, 0.25) is 0 Å². The molecule has 0 radical (unpaired) electrons. The van der Waals surface area contributed by atoms with Crippen molar-refractivity contribution in [2.24, 2.45) is 0 Å². The molecule has 0 bridgehead atoms. The number of hydrogen-bond donors (Lipinski definition) is 1. The van der Waals surface area contributed by atoms with Crippen LogP contribution in [0.3, 0.4) is 0 Å². The van der Waals surface area contributed by atoms with Crippen molar-refractivity contribution < 1.29 is 0 Å². The normalized spacial score (nSPS) is 21.8. The van der Waals surface area contributed by atoms with E-state index in [4.69, 9.17) is 5.10 Å². The maximum atomic E-state index is 4.79. The van der Waals surface area contributed by atoms with Gasteiger partial charge < -0.3 is 5.32 Å². The Balaban J connectivity index is 1.28. The molecule has 1 saturated heterocycles. The smallest absolute Gasteiger partial charge is 0.0768 e. The monoisotopic (exact) mass is 320 g/mol. The Labute approximate surface area is 143 Å². The van der Waals surface area contributed by atoms with Gasteiger partial charge >= 0.3 is 0 Å². The summed E-state index contributed by atoms with van der Waals surface area (Å²) in [7, 11) is 0. The third kappa shape index (κ3) is 2.33. The van der Waals surface area contributed by atoms with Crippen LogP contribution in [-0.2, 0) is 25.0 Å². The molecule has 1 aromatic carbocycles. The standard InChI is InChI=1S/C20H24N4/c1-2-4-19-16(3-1)5-6-20(19)7-10-23(11-8-20)15-17-13-18-14-21-9-12-24(18)22-17/h1-6,13,21H,7-12,14-15H2. The van der Waals surface area contributed by atoms with E-state index in [1.54, 1.807) is 0 Å². The van der Waals surface area contributed by atoms with E-state index in [0.29, 0.717) is 0 Å². The van der Waals surface area contributed by atoms with Crippen molar-refractivity contribution in [2.75, 3.05) is 19.6 Å². The molecule has 0 amide bonds. The number of allylic oxidation sites excluding steroid dienone is 1. The van der Waals surface area contributed by atoms with Gasteiger partial charge in [0.05, 0.1) is 17.9 Å². The topological polar surface area (TPSA) is 33.1 Å². The average Bonchev–Trinajstić information content (AvgIpc) is 3.19. The molecule has 4 heteroatoms. The third-order valence-corrected chi connectivity index (χ3v) is 5.93. The van der Waals surface area contributed by atoms with Crippen LogP contribution in [0.4, 0.5) is 0 Å². The lowest BCUT2D eigenvalue weighted by Gasteiger charge is -2.39. The quantitative estimate of drug-likeness (QED) is 0.923. The van der Waals surface area contributed by atoms with Gasteiger partial charge in [0.15, 0.2) is 0 Å². The first-order chi connectivity index (χ1) is 11.8. The molecule has 2 aromatic rings. The Morgan fingerprint density at radius 1 is 1.12 bits per heavy atom. The first kappa shape index (κ1) is 14.4. The van der Waals surface area contributed by atoms with E-state index in [1.165, 1.54) is 35.4 Å². The molecule has 1 fully saturated rings. The second-order valence-electron chi connectivity index (χ2n) is 7.38. The van der Waals surface area contributed by atoms with Crippen molar-refractivity contribution in [1.29, 1.82) is 0 Å². The van der Waals surface area contributed by atoms with Gasteiger partial charge in [-0.1, -0.05) is 36.4 Å². The van der Waals surface area contributed by atoms with Gasteiger partial charge in [-0.15, -0.1) is 0 Å². The molecular formula is C20H24N4. The van der Waals surface area contributed by atoms with Crippen LogP contribution in [0.1, 0.15) is 35.4 Å². The van der Waals surface area contributed by atoms with E-state index in [2.05, 4.69) is 57.4 Å². The number of aromatic nitrogens is 2. The molecule has 3 heterocycles. The van der Waals surface area contributed by atoms with Gasteiger partial charge in [-0.2, -0.15) is 5.10 Å². The van der Waals surface area contributed by atoms with E-state index >= 15 is 0 Å². The minimum absolute atomic E-state index is 0.282. The van der Waals surface area contributed by atoms with Gasteiger partial charge in [0.25, 0.3) is 0 Å². The molecule has 1 aliphatic carbocycles. The third-order valence-electron chi connectivity index (χ3n) is 5.93. The van der Waals surface area contributed by atoms with Crippen LogP contribution in [-0.4, -0.2) is 34.3 Å². The Morgan fingerprint density at radius 3 is 2.88 bits per heavy atom. The van der Waals surface area contributed by atoms with E-state index in [9.17, 15) is 0 Å². The fourth-order valence-electron chi connectivity index (χ4n) is 4.54. The van der Waals surface area contributed by atoms with Crippen LogP contribution < -0.4 is 5.32 Å². The Morgan fingerprint density at radius 2 is 2.00 bits per heavy atom. The van der Waals surface area contributed by atoms with Crippen molar-refractivity contribution in [3.05, 3.63) is 58.9 Å². The van der Waals surface area contributed by atoms with Crippen LogP contribution >= 0.6 is 0 Å². The van der Waals surface area contributed by atoms with Crippen LogP contribution in [0.15, 0.2) is 36.4 Å². The minimum atomic E-state index is 0.282. The highest BCUT2D eigenvalue weighted by Crippen LogP contribution is 2.43. The fraction of sp³-hybridized carbons (Fsp3) is 0.450. The van der Waals surface area contributed by atoms with Crippen molar-refractivity contribution in [2.45, 2.75) is 37.9 Å². The molecule has 1 N–H and O–H groups in total. The number of likely N-dealkylation sites (tertiary alicyclic amines) is 1. The van der Waals surface area contributed by atoms with Crippen LogP contribution in [0.25, 0.3) is 6.08 Å². The van der Waals surface area contributed by atoms with Gasteiger partial charge in [0.1, 0.15) is 0 Å². The summed E-state index contributed by atoms with van der Waals surface area (Å²) in [6, 6.07) is 11.2. The van der Waals surface area contributed by atoms with Crippen molar-refractivity contribution >= 4 is 6.08 Å². The van der Waals surface area contributed by atoms with E-state index in [0.717, 1.165) is 39.3 Å². The maximum absolute atomic E-state index is 4.79. The van der Waals surface area contributed by atoms with Crippen LogP contribution in [0.2, 0.25) is 0 Å². The first-order valence-corrected chi connectivity index (χ1v) is 9.10. The summed E-state index contributed by atoms with van der Waals surface area (Å²) in [4.78, 5) is 2.57. The SMILES string of the molecule is C1=CC2(CCN(Cc3cc4n(n3)CCNC4)CC2)c2ccccc21. The molecule has 124 valence electrons. The molecule has 4 nitrogen and oxygen atoms in total. The highest BCUT2D eigenvalue weighted by molar-refractivity contribution is 5.65. The zero-order valence-corrected chi connectivity index (χ0v) is 14.0. The van der Waals surface area contributed by atoms with Crippen molar-refractivity contribution in [3.8, 4) is 0 Å². The van der Waals surface area contributed by atoms with Crippen LogP contribution in [0, 0.1) is 0 Å². The lowest BCUT2D eigenvalue weighted by molar-refractivity contribution is 0.175. The fourth-order valence-corrected chi connectivity index (χ4v) is 4.54. The van der Waals surface area contributed by atoms with Gasteiger partial charge in [-0.25, -0.2) is 0 Å². The lowest BCUT2D eigenvalue weighted by Crippen LogP contribution is -2.40. The number of nitrogens with zero attached hydrogens (tertiary/aromatic N) is 3. The number of benzene rings is 1. The summed E-state index contributed by atoms with van der Waals surface area (Å²) in [5.41, 5.74) is 5.79. The van der Waals surface area contributed by atoms with Gasteiger partial charge in [-0.05, 0) is 43.1 Å². The number of fused-ring (bicyclic) bond motifs is 3. The Bertz CT molecular complexity index is 757. The predicted molar refractivity (Wildman–Crippen MR) is 95.6 cm³/mol. The second kappa shape index (κ2) is 5.57. The largest absolute Gasteiger partial charge is 0.309 e. The molecule has 0 unspecified atom stereocenters. The number of hydrogen-bond acceptors (Lipinski definition) is 3. The molecule has 1 spiro atoms. The van der Waals surface area contributed by atoms with Gasteiger partial charge in [-0.3, -0.25) is 9.58 Å². The number of piperidine rings is 1. The van der Waals surface area contributed by atoms with E-state index < -0.39 is 0 Å². The molecule has 2 aliphatic heterocycles. The number of rotatable bonds is 2. The molecule has 1 aromatic heterocycles. The summed E-state index contributed by atoms with van der Waals surface area (Å²) in [6.07, 6.45) is 7.21. The number of nitrogens with one attached hydrogen (secondary N) is 1. The molecule has 0 saturated carbocycles. The minimum Gasteiger partial charge on any atom is -0.309 e. The molecule has 24 heavy (non-hydrogen) atoms. The zero-order chi connectivity index (χ0) is 16.0.